The highest BCUT2D eigenvalue weighted by molar-refractivity contribution is 7.99. The average molecular weight is 498 g/mol. The number of methoxy groups -OCH3 is 1. The summed E-state index contributed by atoms with van der Waals surface area (Å²) < 4.78 is 16.4. The van der Waals surface area contributed by atoms with Gasteiger partial charge in [0.05, 0.1) is 18.1 Å². The van der Waals surface area contributed by atoms with Gasteiger partial charge in [-0.3, -0.25) is 28.8 Å². The minimum atomic E-state index is -0.812. The third-order valence-electron chi connectivity index (χ3n) is 4.86. The smallest absolute Gasteiger partial charge is 0.330 e. The van der Waals surface area contributed by atoms with E-state index in [1.807, 2.05) is 20.8 Å². The first-order valence-electron chi connectivity index (χ1n) is 10.6. The molecule has 0 fully saturated rings. The second-order valence-corrected chi connectivity index (χ2v) is 8.98. The van der Waals surface area contributed by atoms with E-state index in [0.717, 1.165) is 16.2 Å². The van der Waals surface area contributed by atoms with Crippen LogP contribution in [0.15, 0.2) is 14.1 Å². The fourth-order valence-electron chi connectivity index (χ4n) is 3.13. The number of ether oxygens (including phenoxy) is 2. The number of nitrogen functional groups attached to an aromatic ring is 1. The molecule has 0 saturated carbocycles. The Morgan fingerprint density at radius 1 is 1.29 bits per heavy atom. The molecule has 0 bridgehead atoms. The molecule has 2 aromatic rings. The summed E-state index contributed by atoms with van der Waals surface area (Å²) in [7, 11) is 1.44. The number of rotatable bonds is 12. The van der Waals surface area contributed by atoms with Crippen molar-refractivity contribution in [3.63, 3.8) is 0 Å². The lowest BCUT2D eigenvalue weighted by Crippen LogP contribution is -2.44. The Morgan fingerprint density at radius 2 is 2.00 bits per heavy atom. The number of nitrogens with one attached hydrogen (secondary N) is 1. The van der Waals surface area contributed by atoms with E-state index in [2.05, 4.69) is 10.1 Å². The minimum Gasteiger partial charge on any atom is -0.455 e. The van der Waals surface area contributed by atoms with Crippen LogP contribution in [0.5, 0.6) is 0 Å². The molecular weight excluding hydrogens is 466 g/mol. The summed E-state index contributed by atoms with van der Waals surface area (Å²) in [6, 6.07) is 0. The van der Waals surface area contributed by atoms with Gasteiger partial charge in [0.2, 0.25) is 0 Å². The van der Waals surface area contributed by atoms with Crippen LogP contribution in [0.2, 0.25) is 0 Å². The number of amides is 1. The van der Waals surface area contributed by atoms with Crippen molar-refractivity contribution in [3.8, 4) is 0 Å². The Kier molecular flexibility index (Phi) is 9.93. The zero-order valence-corrected chi connectivity index (χ0v) is 20.8. The van der Waals surface area contributed by atoms with Crippen molar-refractivity contribution in [2.75, 3.05) is 43.3 Å². The van der Waals surface area contributed by atoms with Crippen LogP contribution in [-0.2, 0) is 31.4 Å². The topological polar surface area (TPSA) is 163 Å². The number of carbonyl (C=O) groups excluding carboxylic acids is 2. The number of H-pyrrole nitrogens is 1. The number of aromatic amines is 1. The Balaban J connectivity index is 2.10. The van der Waals surface area contributed by atoms with Crippen LogP contribution >= 0.6 is 11.8 Å². The molecule has 13 heteroatoms. The van der Waals surface area contributed by atoms with Crippen LogP contribution in [-0.4, -0.2) is 59.2 Å². The number of aromatic nitrogens is 3. The second-order valence-electron chi connectivity index (χ2n) is 7.99. The van der Waals surface area contributed by atoms with Gasteiger partial charge in [-0.05, 0) is 19.8 Å². The van der Waals surface area contributed by atoms with Gasteiger partial charge in [0.25, 0.3) is 11.5 Å². The molecule has 0 aliphatic heterocycles. The van der Waals surface area contributed by atoms with Crippen molar-refractivity contribution in [1.29, 1.82) is 0 Å². The van der Waals surface area contributed by atoms with Crippen LogP contribution in [0.1, 0.15) is 30.9 Å². The fourth-order valence-corrected chi connectivity index (χ4v) is 4.10. The average Bonchev–Trinajstić information content (AvgIpc) is 3.09. The molecule has 2 aromatic heterocycles. The van der Waals surface area contributed by atoms with Gasteiger partial charge >= 0.3 is 11.7 Å². The molecule has 0 aliphatic rings. The van der Waals surface area contributed by atoms with Gasteiger partial charge in [-0.25, -0.2) is 4.79 Å². The summed E-state index contributed by atoms with van der Waals surface area (Å²) in [5.41, 5.74) is 6.12. The van der Waals surface area contributed by atoms with Crippen LogP contribution < -0.4 is 21.9 Å². The molecule has 0 radical (unpaired) electrons. The van der Waals surface area contributed by atoms with Gasteiger partial charge in [-0.1, -0.05) is 19.0 Å². The lowest BCUT2D eigenvalue weighted by atomic mass is 10.2. The van der Waals surface area contributed by atoms with Crippen molar-refractivity contribution in [2.24, 2.45) is 5.92 Å². The summed E-state index contributed by atoms with van der Waals surface area (Å²) in [6.45, 7) is 7.08. The third kappa shape index (κ3) is 6.97. The monoisotopic (exact) mass is 497 g/mol. The molecule has 3 N–H and O–H groups in total. The van der Waals surface area contributed by atoms with Gasteiger partial charge in [-0.15, -0.1) is 11.8 Å². The number of nitrogens with zero attached hydrogens (tertiary/aromatic N) is 3. The van der Waals surface area contributed by atoms with Crippen molar-refractivity contribution < 1.29 is 23.6 Å². The van der Waals surface area contributed by atoms with Gasteiger partial charge in [0.15, 0.2) is 12.3 Å². The normalized spacial score (nSPS) is 11.1. The Hall–Kier alpha value is -3.06. The molecule has 0 spiro atoms. The number of esters is 1. The highest BCUT2D eigenvalue weighted by Gasteiger charge is 2.25. The zero-order valence-electron chi connectivity index (χ0n) is 20.0. The van der Waals surface area contributed by atoms with E-state index >= 15 is 0 Å². The number of anilines is 2. The predicted molar refractivity (Wildman–Crippen MR) is 128 cm³/mol. The summed E-state index contributed by atoms with van der Waals surface area (Å²) in [4.78, 5) is 53.1. The molecule has 0 aliphatic carbocycles. The second kappa shape index (κ2) is 12.4. The van der Waals surface area contributed by atoms with E-state index in [1.165, 1.54) is 23.4 Å². The fraction of sp³-hybridized carbons (Fsp3) is 0.571. The van der Waals surface area contributed by atoms with Gasteiger partial charge in [0, 0.05) is 31.5 Å². The van der Waals surface area contributed by atoms with E-state index < -0.39 is 29.7 Å². The molecule has 34 heavy (non-hydrogen) atoms. The maximum Gasteiger partial charge on any atom is 0.330 e. The maximum absolute atomic E-state index is 12.9. The van der Waals surface area contributed by atoms with E-state index in [0.29, 0.717) is 11.5 Å². The maximum atomic E-state index is 12.9. The zero-order chi connectivity index (χ0) is 25.4. The number of nitrogens with two attached hydrogens (primary N) is 1. The predicted octanol–water partition coefficient (Wildman–Crippen LogP) is 0.836. The Bertz CT molecular complexity index is 1100. The molecule has 12 nitrogen and oxygen atoms in total. The molecule has 0 unspecified atom stereocenters. The SMILES string of the molecule is COCCN(C(=O)COC(=O)CSCc1c(C)noc1C)c1c(N)n(CC(C)C)c(=O)[nH]c1=O. The molecule has 0 aromatic carbocycles. The number of hydrogen-bond acceptors (Lipinski definition) is 10. The van der Waals surface area contributed by atoms with E-state index in [1.54, 1.807) is 6.92 Å². The summed E-state index contributed by atoms with van der Waals surface area (Å²) in [6.07, 6.45) is 0. The van der Waals surface area contributed by atoms with Crippen LogP contribution in [0, 0.1) is 19.8 Å². The first kappa shape index (κ1) is 27.2. The van der Waals surface area contributed by atoms with E-state index in [-0.39, 0.29) is 42.9 Å². The quantitative estimate of drug-likeness (QED) is 0.402. The molecular formula is C21H31N5O7S. The standard InChI is InChI=1S/C21H31N5O7S/c1-12(2)8-26-19(22)18(20(29)23-21(26)30)25(6-7-31-5)16(27)9-32-17(28)11-34-10-15-13(3)24-33-14(15)4/h12H,6-11,22H2,1-5H3,(H,23,29,30). The van der Waals surface area contributed by atoms with Crippen LogP contribution in [0.25, 0.3) is 0 Å². The molecule has 2 heterocycles. The van der Waals surface area contributed by atoms with Gasteiger partial charge in [0.1, 0.15) is 11.6 Å². The minimum absolute atomic E-state index is 0.0113. The molecule has 188 valence electrons. The van der Waals surface area contributed by atoms with E-state index in [9.17, 15) is 19.2 Å². The highest BCUT2D eigenvalue weighted by atomic mass is 32.2. The van der Waals surface area contributed by atoms with Gasteiger partial charge < -0.3 is 19.7 Å². The summed E-state index contributed by atoms with van der Waals surface area (Å²) >= 11 is 1.30. The molecule has 0 saturated heterocycles. The summed E-state index contributed by atoms with van der Waals surface area (Å²) in [5, 5.41) is 3.86. The lowest BCUT2D eigenvalue weighted by Gasteiger charge is -2.24. The first-order valence-corrected chi connectivity index (χ1v) is 11.8. The molecule has 2 rings (SSSR count). The highest BCUT2D eigenvalue weighted by Crippen LogP contribution is 2.20. The number of thioether (sulfide) groups is 1. The number of carbonyl (C=O) groups is 2. The van der Waals surface area contributed by atoms with Crippen LogP contribution in [0.3, 0.4) is 0 Å². The third-order valence-corrected chi connectivity index (χ3v) is 5.79. The number of aryl methyl sites for hydroxylation is 2. The largest absolute Gasteiger partial charge is 0.455 e. The molecule has 1 amide bonds. The number of hydrogen-bond donors (Lipinski definition) is 2. The van der Waals surface area contributed by atoms with Gasteiger partial charge in [-0.2, -0.15) is 0 Å². The summed E-state index contributed by atoms with van der Waals surface area (Å²) in [5.74, 6) is -0.148. The van der Waals surface area contributed by atoms with Crippen LogP contribution in [0.4, 0.5) is 11.5 Å². The van der Waals surface area contributed by atoms with Crippen molar-refractivity contribution in [1.82, 2.24) is 14.7 Å². The Labute approximate surface area is 200 Å². The van der Waals surface area contributed by atoms with Crippen molar-refractivity contribution in [2.45, 2.75) is 40.0 Å². The lowest BCUT2D eigenvalue weighted by molar-refractivity contribution is -0.145. The Morgan fingerprint density at radius 3 is 2.59 bits per heavy atom. The van der Waals surface area contributed by atoms with E-state index in [4.69, 9.17) is 19.7 Å². The molecule has 0 atom stereocenters. The first-order chi connectivity index (χ1) is 16.1. The van der Waals surface area contributed by atoms with Crippen molar-refractivity contribution >= 4 is 35.1 Å². The van der Waals surface area contributed by atoms with Crippen molar-refractivity contribution in [3.05, 3.63) is 37.9 Å².